The highest BCUT2D eigenvalue weighted by Crippen LogP contribution is 2.77. The lowest BCUT2D eigenvalue weighted by molar-refractivity contribution is -0.251. The summed E-state index contributed by atoms with van der Waals surface area (Å²) >= 11 is 0. The van der Waals surface area contributed by atoms with Crippen molar-refractivity contribution in [1.29, 1.82) is 0 Å². The van der Waals surface area contributed by atoms with Crippen LogP contribution >= 0.6 is 0 Å². The molecule has 5 saturated carbocycles. The second-order valence-corrected chi connectivity index (χ2v) is 16.6. The van der Waals surface area contributed by atoms with Crippen LogP contribution in [0, 0.1) is 56.7 Å². The highest BCUT2D eigenvalue weighted by molar-refractivity contribution is 5.70. The van der Waals surface area contributed by atoms with Crippen molar-refractivity contribution in [1.82, 2.24) is 0 Å². The molecule has 238 valence electrons. The first-order chi connectivity index (χ1) is 19.7. The van der Waals surface area contributed by atoms with Gasteiger partial charge >= 0.3 is 5.97 Å². The maximum Gasteiger partial charge on any atom is 0.332 e. The normalized spacial score (nSPS) is 45.5. The van der Waals surface area contributed by atoms with Gasteiger partial charge in [-0.1, -0.05) is 53.3 Å². The van der Waals surface area contributed by atoms with Crippen LogP contribution in [0.25, 0.3) is 0 Å². The molecule has 10 atom stereocenters. The zero-order chi connectivity index (χ0) is 30.7. The van der Waals surface area contributed by atoms with E-state index in [-0.39, 0.29) is 34.9 Å². The third-order valence-corrected chi connectivity index (χ3v) is 14.6. The molecule has 0 spiro atoms. The fraction of sp³-hybridized carbons (Fsp3) is 0.865. The molecule has 0 bridgehead atoms. The van der Waals surface area contributed by atoms with E-state index in [1.54, 1.807) is 14.2 Å². The van der Waals surface area contributed by atoms with Crippen LogP contribution in [0.4, 0.5) is 0 Å². The van der Waals surface area contributed by atoms with Crippen LogP contribution in [0.3, 0.4) is 0 Å². The zero-order valence-corrected chi connectivity index (χ0v) is 28.1. The summed E-state index contributed by atoms with van der Waals surface area (Å²) in [5.74, 6) is 3.58. The van der Waals surface area contributed by atoms with Gasteiger partial charge in [-0.15, -0.1) is 0 Å². The standard InChI is InChI=1S/C37H60O5/c1-24(2)26-13-18-37(23-41-31(38)22-40-10)20-19-35(7)27(32(26)37)11-12-29-34(6)16-15-30(42-25(3)21-39-9)33(4,5)28(34)14-17-36(29,35)8/h26-30,32H,1,3,11-23H2,2,4-10H3/t26-,27+,28-,29+,30-,32+,34-,35+,36+,37+/m0/s1. The molecule has 5 aliphatic carbocycles. The SMILES string of the molecule is C=C(COC)O[C@H]1CC[C@]2(C)[C@H]3CC[C@@H]4[C@H]5[C@H](C(=C)C)CC[C@]5(COC(=O)COC)CC[C@@]4(C)[C@]3(C)CC[C@H]2C1(C)C. The molecule has 0 amide bonds. The van der Waals surface area contributed by atoms with Gasteiger partial charge in [0.1, 0.15) is 25.1 Å². The summed E-state index contributed by atoms with van der Waals surface area (Å²) in [4.78, 5) is 12.4. The van der Waals surface area contributed by atoms with Crippen LogP contribution in [0.2, 0.25) is 0 Å². The number of carbonyl (C=O) groups excluding carboxylic acids is 1. The van der Waals surface area contributed by atoms with E-state index in [1.807, 2.05) is 0 Å². The Morgan fingerprint density at radius 2 is 1.50 bits per heavy atom. The van der Waals surface area contributed by atoms with Gasteiger partial charge in [-0.3, -0.25) is 0 Å². The number of ether oxygens (including phenoxy) is 4. The fourth-order valence-electron chi connectivity index (χ4n) is 12.5. The second kappa shape index (κ2) is 11.2. The van der Waals surface area contributed by atoms with Crippen molar-refractivity contribution in [3.8, 4) is 0 Å². The Morgan fingerprint density at radius 1 is 0.786 bits per heavy atom. The van der Waals surface area contributed by atoms with E-state index in [2.05, 4.69) is 54.7 Å². The van der Waals surface area contributed by atoms with E-state index >= 15 is 0 Å². The van der Waals surface area contributed by atoms with Crippen molar-refractivity contribution < 1.29 is 23.7 Å². The molecule has 0 aromatic heterocycles. The van der Waals surface area contributed by atoms with E-state index in [9.17, 15) is 4.79 Å². The van der Waals surface area contributed by atoms with Gasteiger partial charge in [-0.2, -0.15) is 0 Å². The lowest BCUT2D eigenvalue weighted by Gasteiger charge is -2.73. The van der Waals surface area contributed by atoms with E-state index in [0.29, 0.717) is 53.6 Å². The van der Waals surface area contributed by atoms with Gasteiger partial charge in [0.05, 0.1) is 6.61 Å². The van der Waals surface area contributed by atoms with Crippen molar-refractivity contribution in [2.24, 2.45) is 56.7 Å². The van der Waals surface area contributed by atoms with Gasteiger partial charge in [0, 0.05) is 25.0 Å². The number of allylic oxidation sites excluding steroid dienone is 1. The van der Waals surface area contributed by atoms with Crippen LogP contribution in [0.15, 0.2) is 24.5 Å². The topological polar surface area (TPSA) is 54.0 Å². The quantitative estimate of drug-likeness (QED) is 0.155. The van der Waals surface area contributed by atoms with Gasteiger partial charge in [-0.05, 0) is 117 Å². The second-order valence-electron chi connectivity index (χ2n) is 16.6. The molecule has 5 fully saturated rings. The minimum atomic E-state index is -0.229. The molecule has 42 heavy (non-hydrogen) atoms. The van der Waals surface area contributed by atoms with Gasteiger partial charge in [-0.25, -0.2) is 4.79 Å². The van der Waals surface area contributed by atoms with E-state index in [4.69, 9.17) is 18.9 Å². The Balaban J connectivity index is 1.44. The first-order valence-corrected chi connectivity index (χ1v) is 16.8. The molecule has 0 unspecified atom stereocenters. The van der Waals surface area contributed by atoms with E-state index in [1.165, 1.54) is 50.5 Å². The van der Waals surface area contributed by atoms with Crippen LogP contribution in [0.1, 0.15) is 106 Å². The summed E-state index contributed by atoms with van der Waals surface area (Å²) in [7, 11) is 3.28. The molecule has 0 heterocycles. The van der Waals surface area contributed by atoms with Gasteiger partial charge in [0.2, 0.25) is 0 Å². The summed E-state index contributed by atoms with van der Waals surface area (Å²) in [5, 5.41) is 0. The lowest BCUT2D eigenvalue weighted by atomic mass is 9.32. The number of hydrogen-bond acceptors (Lipinski definition) is 5. The van der Waals surface area contributed by atoms with Gasteiger partial charge in [0.15, 0.2) is 0 Å². The molecular weight excluding hydrogens is 524 g/mol. The number of methoxy groups -OCH3 is 2. The van der Waals surface area contributed by atoms with E-state index < -0.39 is 0 Å². The van der Waals surface area contributed by atoms with Crippen molar-refractivity contribution in [3.63, 3.8) is 0 Å². The van der Waals surface area contributed by atoms with Crippen LogP contribution < -0.4 is 0 Å². The molecule has 5 nitrogen and oxygen atoms in total. The largest absolute Gasteiger partial charge is 0.492 e. The highest BCUT2D eigenvalue weighted by atomic mass is 16.6. The number of carbonyl (C=O) groups is 1. The molecular formula is C37H60O5. The Labute approximate surface area is 256 Å². The lowest BCUT2D eigenvalue weighted by Crippen LogP contribution is -2.67. The Kier molecular flexibility index (Phi) is 8.58. The third-order valence-electron chi connectivity index (χ3n) is 14.6. The van der Waals surface area contributed by atoms with Gasteiger partial charge in [0.25, 0.3) is 0 Å². The monoisotopic (exact) mass is 584 g/mol. The van der Waals surface area contributed by atoms with Crippen LogP contribution in [-0.4, -0.2) is 46.1 Å². The molecule has 0 aliphatic heterocycles. The zero-order valence-electron chi connectivity index (χ0n) is 28.1. The first-order valence-electron chi connectivity index (χ1n) is 16.8. The first kappa shape index (κ1) is 32.1. The Hall–Kier alpha value is -1.33. The smallest absolute Gasteiger partial charge is 0.332 e. The molecule has 5 rings (SSSR count). The Morgan fingerprint density at radius 3 is 2.17 bits per heavy atom. The molecule has 5 heteroatoms. The maximum absolute atomic E-state index is 12.4. The van der Waals surface area contributed by atoms with E-state index in [0.717, 1.165) is 25.0 Å². The highest BCUT2D eigenvalue weighted by Gasteiger charge is 2.71. The number of esters is 1. The summed E-state index contributed by atoms with van der Waals surface area (Å²) < 4.78 is 22.8. The predicted octanol–water partition coefficient (Wildman–Crippen LogP) is 8.38. The average Bonchev–Trinajstić information content (AvgIpc) is 3.30. The summed E-state index contributed by atoms with van der Waals surface area (Å²) in [6, 6.07) is 0. The number of hydrogen-bond donors (Lipinski definition) is 0. The molecule has 0 saturated heterocycles. The fourth-order valence-corrected chi connectivity index (χ4v) is 12.5. The minimum Gasteiger partial charge on any atom is -0.492 e. The van der Waals surface area contributed by atoms with Crippen molar-refractivity contribution in [2.45, 2.75) is 112 Å². The summed E-state index contributed by atoms with van der Waals surface area (Å²) in [5.41, 5.74) is 2.37. The molecule has 0 N–H and O–H groups in total. The van der Waals surface area contributed by atoms with Crippen LogP contribution in [0.5, 0.6) is 0 Å². The van der Waals surface area contributed by atoms with Gasteiger partial charge < -0.3 is 18.9 Å². The third kappa shape index (κ3) is 4.73. The molecule has 5 aliphatic rings. The number of fused-ring (bicyclic) bond motifs is 7. The summed E-state index contributed by atoms with van der Waals surface area (Å²) in [6.45, 7) is 24.9. The predicted molar refractivity (Wildman–Crippen MR) is 168 cm³/mol. The molecule has 0 aromatic rings. The molecule has 0 aromatic carbocycles. The minimum absolute atomic E-state index is 0.0358. The maximum atomic E-state index is 12.4. The van der Waals surface area contributed by atoms with Crippen molar-refractivity contribution in [2.75, 3.05) is 34.0 Å². The number of rotatable bonds is 9. The summed E-state index contributed by atoms with van der Waals surface area (Å²) in [6.07, 6.45) is 12.4. The van der Waals surface area contributed by atoms with Crippen molar-refractivity contribution in [3.05, 3.63) is 24.5 Å². The average molecular weight is 585 g/mol. The molecule has 0 radical (unpaired) electrons. The van der Waals surface area contributed by atoms with Crippen molar-refractivity contribution >= 4 is 5.97 Å². The Bertz CT molecular complexity index is 1060. The van der Waals surface area contributed by atoms with Crippen LogP contribution in [-0.2, 0) is 23.7 Å².